The lowest BCUT2D eigenvalue weighted by atomic mass is 9.61. The molecule has 0 saturated heterocycles. The van der Waals surface area contributed by atoms with Gasteiger partial charge in [0.25, 0.3) is 0 Å². The third kappa shape index (κ3) is 3.02. The Morgan fingerprint density at radius 1 is 1.22 bits per heavy atom. The fourth-order valence-electron chi connectivity index (χ4n) is 5.86. The van der Waals surface area contributed by atoms with Crippen LogP contribution in [0, 0.1) is 17.8 Å². The highest BCUT2D eigenvalue weighted by atomic mass is 35.5. The Hall–Kier alpha value is -2.93. The molecule has 7 nitrogen and oxygen atoms in total. The quantitative estimate of drug-likeness (QED) is 0.434. The fraction of sp³-hybridized carbons (Fsp3) is 0.417. The minimum Gasteiger partial charge on any atom is -0.466 e. The monoisotopic (exact) mass is 449 g/mol. The number of hydrogen-bond acceptors (Lipinski definition) is 5. The minimum atomic E-state index is -0.118. The Kier molecular flexibility index (Phi) is 4.68. The second-order valence-electron chi connectivity index (χ2n) is 8.89. The molecule has 2 atom stereocenters. The molecular weight excluding hydrogens is 426 g/mol. The van der Waals surface area contributed by atoms with E-state index in [1.807, 2.05) is 31.5 Å². The van der Waals surface area contributed by atoms with Gasteiger partial charge in [0.15, 0.2) is 5.82 Å². The lowest BCUT2D eigenvalue weighted by Crippen LogP contribution is -2.45. The van der Waals surface area contributed by atoms with Crippen LogP contribution < -0.4 is 0 Å². The maximum atomic E-state index is 13.0. The topological polar surface area (TPSA) is 85.7 Å². The minimum absolute atomic E-state index is 0.0691. The molecule has 3 saturated carbocycles. The van der Waals surface area contributed by atoms with Crippen molar-refractivity contribution in [3.8, 4) is 11.4 Å². The summed E-state index contributed by atoms with van der Waals surface area (Å²) in [5.74, 6) is 1.26. The number of esters is 1. The van der Waals surface area contributed by atoms with Gasteiger partial charge in [0.05, 0.1) is 23.6 Å². The number of halogens is 1. The number of hydrogen-bond donors (Lipinski definition) is 1. The molecule has 4 aromatic rings. The van der Waals surface area contributed by atoms with Gasteiger partial charge in [0.1, 0.15) is 11.3 Å². The van der Waals surface area contributed by atoms with Crippen molar-refractivity contribution in [1.82, 2.24) is 24.5 Å². The summed E-state index contributed by atoms with van der Waals surface area (Å²) in [5, 5.41) is 2.42. The highest BCUT2D eigenvalue weighted by Gasteiger charge is 2.49. The van der Waals surface area contributed by atoms with E-state index in [1.54, 1.807) is 6.20 Å². The van der Waals surface area contributed by atoms with Crippen molar-refractivity contribution >= 4 is 39.6 Å². The van der Waals surface area contributed by atoms with Gasteiger partial charge in [-0.1, -0.05) is 11.6 Å². The first-order valence-electron chi connectivity index (χ1n) is 11.3. The summed E-state index contributed by atoms with van der Waals surface area (Å²) in [7, 11) is 0. The zero-order chi connectivity index (χ0) is 21.8. The van der Waals surface area contributed by atoms with Gasteiger partial charge in [-0.3, -0.25) is 4.79 Å². The number of aromatic amines is 1. The molecule has 32 heavy (non-hydrogen) atoms. The molecule has 0 unspecified atom stereocenters. The molecule has 0 spiro atoms. The van der Waals surface area contributed by atoms with Gasteiger partial charge in [0, 0.05) is 41.1 Å². The molecule has 8 heteroatoms. The van der Waals surface area contributed by atoms with E-state index in [4.69, 9.17) is 21.3 Å². The lowest BCUT2D eigenvalue weighted by Gasteiger charge is -2.47. The molecule has 4 heterocycles. The summed E-state index contributed by atoms with van der Waals surface area (Å²) in [6.07, 6.45) is 11.9. The molecule has 7 rings (SSSR count). The van der Waals surface area contributed by atoms with Gasteiger partial charge in [0.2, 0.25) is 0 Å². The van der Waals surface area contributed by atoms with Crippen LogP contribution >= 0.6 is 11.6 Å². The van der Waals surface area contributed by atoms with Crippen LogP contribution in [0.25, 0.3) is 33.5 Å². The lowest BCUT2D eigenvalue weighted by molar-refractivity contribution is -0.157. The van der Waals surface area contributed by atoms with Crippen molar-refractivity contribution in [2.75, 3.05) is 6.61 Å². The van der Waals surface area contributed by atoms with Crippen LogP contribution in [-0.2, 0) is 9.53 Å². The van der Waals surface area contributed by atoms with E-state index in [9.17, 15) is 4.79 Å². The van der Waals surface area contributed by atoms with Crippen LogP contribution in [-0.4, -0.2) is 37.1 Å². The van der Waals surface area contributed by atoms with Crippen LogP contribution in [0.2, 0.25) is 5.02 Å². The molecule has 0 radical (unpaired) electrons. The Morgan fingerprint density at radius 3 is 2.84 bits per heavy atom. The van der Waals surface area contributed by atoms with Gasteiger partial charge in [-0.2, -0.15) is 0 Å². The summed E-state index contributed by atoms with van der Waals surface area (Å²) >= 11 is 6.18. The van der Waals surface area contributed by atoms with Crippen molar-refractivity contribution in [2.45, 2.75) is 38.6 Å². The molecule has 0 aromatic carbocycles. The molecule has 1 N–H and O–H groups in total. The van der Waals surface area contributed by atoms with E-state index in [1.165, 1.54) is 0 Å². The van der Waals surface area contributed by atoms with Crippen molar-refractivity contribution in [3.05, 3.63) is 41.9 Å². The van der Waals surface area contributed by atoms with Gasteiger partial charge < -0.3 is 14.3 Å². The smallest absolute Gasteiger partial charge is 0.311 e. The largest absolute Gasteiger partial charge is 0.466 e. The predicted molar refractivity (Wildman–Crippen MR) is 122 cm³/mol. The van der Waals surface area contributed by atoms with Crippen LogP contribution in [0.4, 0.5) is 0 Å². The molecule has 164 valence electrons. The third-order valence-corrected chi connectivity index (χ3v) is 7.46. The van der Waals surface area contributed by atoms with Crippen molar-refractivity contribution in [2.24, 2.45) is 17.8 Å². The predicted octanol–water partition coefficient (Wildman–Crippen LogP) is 5.17. The van der Waals surface area contributed by atoms with Crippen LogP contribution in [0.15, 0.2) is 36.9 Å². The average molecular weight is 450 g/mol. The zero-order valence-corrected chi connectivity index (χ0v) is 18.5. The second kappa shape index (κ2) is 7.59. The number of carbonyl (C=O) groups is 1. The number of aromatic nitrogens is 5. The molecule has 3 aliphatic carbocycles. The number of pyridine rings is 1. The third-order valence-electron chi connectivity index (χ3n) is 7.25. The maximum absolute atomic E-state index is 13.0. The number of fused-ring (bicyclic) bond motifs is 5. The number of H-pyrrole nitrogens is 1. The molecule has 4 aromatic heterocycles. The van der Waals surface area contributed by atoms with Crippen molar-refractivity contribution in [3.63, 3.8) is 0 Å². The van der Waals surface area contributed by atoms with E-state index in [2.05, 4.69) is 25.7 Å². The summed E-state index contributed by atoms with van der Waals surface area (Å²) in [6.45, 7) is 2.29. The Balaban J connectivity index is 1.47. The number of rotatable bonds is 4. The molecular formula is C24H24ClN5O2. The summed E-state index contributed by atoms with van der Waals surface area (Å²) < 4.78 is 7.71. The van der Waals surface area contributed by atoms with E-state index in [-0.39, 0.29) is 17.9 Å². The highest BCUT2D eigenvalue weighted by molar-refractivity contribution is 6.31. The van der Waals surface area contributed by atoms with Crippen LogP contribution in [0.1, 0.15) is 38.6 Å². The van der Waals surface area contributed by atoms with E-state index in [0.29, 0.717) is 29.3 Å². The average Bonchev–Trinajstić information content (AvgIpc) is 3.42. The van der Waals surface area contributed by atoms with Crippen molar-refractivity contribution in [1.29, 1.82) is 0 Å². The standard InChI is InChI=1S/C24H24ClN5O2/c1-2-32-24(31)19-13-3-5-14(6-4-13)20(19)30-8-7-15-10-26-22(29-23(15)30)18-12-28-21-17(18)9-16(25)11-27-21/h7-14,19-20H,2-6H2,1H3,(H,27,28)/t13?,14?,19-,20-/m0/s1. The SMILES string of the molecule is CCOC(=O)[C@H]1C2CCC(CC2)[C@@H]1n1ccc2cnc(-c3c[nH]c4ncc(Cl)cc34)nc21. The molecule has 2 bridgehead atoms. The van der Waals surface area contributed by atoms with Gasteiger partial charge in [-0.05, 0) is 56.6 Å². The number of nitrogens with one attached hydrogen (secondary N) is 1. The Bertz CT molecular complexity index is 1320. The van der Waals surface area contributed by atoms with Gasteiger partial charge in [-0.15, -0.1) is 0 Å². The molecule has 0 aliphatic heterocycles. The molecule has 3 fully saturated rings. The first kappa shape index (κ1) is 19.7. The van der Waals surface area contributed by atoms with Crippen LogP contribution in [0.5, 0.6) is 0 Å². The molecule has 3 aliphatic rings. The van der Waals surface area contributed by atoms with Crippen LogP contribution in [0.3, 0.4) is 0 Å². The Labute approximate surface area is 190 Å². The van der Waals surface area contributed by atoms with E-state index in [0.717, 1.165) is 53.3 Å². The first-order chi connectivity index (χ1) is 15.6. The molecule has 0 amide bonds. The van der Waals surface area contributed by atoms with Gasteiger partial charge >= 0.3 is 5.97 Å². The zero-order valence-electron chi connectivity index (χ0n) is 17.8. The highest BCUT2D eigenvalue weighted by Crippen LogP contribution is 2.52. The summed E-state index contributed by atoms with van der Waals surface area (Å²) in [4.78, 5) is 30.1. The normalized spacial score (nSPS) is 24.9. The number of ether oxygens (including phenoxy) is 1. The van der Waals surface area contributed by atoms with E-state index >= 15 is 0 Å². The first-order valence-corrected chi connectivity index (χ1v) is 11.6. The Morgan fingerprint density at radius 2 is 2.03 bits per heavy atom. The summed E-state index contributed by atoms with van der Waals surface area (Å²) in [6, 6.07) is 3.98. The number of nitrogens with zero attached hydrogens (tertiary/aromatic N) is 4. The maximum Gasteiger partial charge on any atom is 0.311 e. The second-order valence-corrected chi connectivity index (χ2v) is 9.33. The summed E-state index contributed by atoms with van der Waals surface area (Å²) in [5.41, 5.74) is 2.46. The van der Waals surface area contributed by atoms with Gasteiger partial charge in [-0.25, -0.2) is 15.0 Å². The fourth-order valence-corrected chi connectivity index (χ4v) is 6.02. The van der Waals surface area contributed by atoms with Crippen molar-refractivity contribution < 1.29 is 9.53 Å². The number of carbonyl (C=O) groups excluding carboxylic acids is 1. The van der Waals surface area contributed by atoms with E-state index < -0.39 is 0 Å².